The van der Waals surface area contributed by atoms with E-state index in [1.54, 1.807) is 42.5 Å². The number of benzene rings is 2. The Labute approximate surface area is 221 Å². The third-order valence-electron chi connectivity index (χ3n) is 6.40. The second-order valence-electron chi connectivity index (χ2n) is 8.66. The van der Waals surface area contributed by atoms with Crippen molar-refractivity contribution in [3.8, 4) is 11.1 Å². The van der Waals surface area contributed by atoms with Crippen LogP contribution >= 0.6 is 15.9 Å². The van der Waals surface area contributed by atoms with Crippen LogP contribution in [0.5, 0.6) is 0 Å². The van der Waals surface area contributed by atoms with Crippen molar-refractivity contribution < 1.29 is 13.2 Å². The molecule has 0 bridgehead atoms. The Bertz CT molecular complexity index is 1770. The fourth-order valence-corrected chi connectivity index (χ4v) is 6.50. The number of aryl methyl sites for hydroxylation is 1. The van der Waals surface area contributed by atoms with Crippen LogP contribution in [0.3, 0.4) is 0 Å². The Balaban J connectivity index is 1.57. The van der Waals surface area contributed by atoms with Crippen molar-refractivity contribution in [1.82, 2.24) is 24.1 Å². The highest BCUT2D eigenvalue weighted by Crippen LogP contribution is 2.32. The van der Waals surface area contributed by atoms with Gasteiger partial charge in [-0.1, -0.05) is 42.0 Å². The molecule has 0 aliphatic heterocycles. The summed E-state index contributed by atoms with van der Waals surface area (Å²) in [6.07, 6.45) is 10.2. The van der Waals surface area contributed by atoms with Crippen molar-refractivity contribution in [2.75, 3.05) is 7.05 Å². The summed E-state index contributed by atoms with van der Waals surface area (Å²) in [5, 5.41) is 7.08. The number of aromatic nitrogens is 4. The van der Waals surface area contributed by atoms with Crippen molar-refractivity contribution in [3.05, 3.63) is 99.8 Å². The average Bonchev–Trinajstić information content (AvgIpc) is 3.30. The zero-order valence-corrected chi connectivity index (χ0v) is 22.3. The summed E-state index contributed by atoms with van der Waals surface area (Å²) in [5.41, 5.74) is 0.911. The molecular weight excluding hydrogens is 558 g/mol. The number of nitrogens with one attached hydrogen (secondary N) is 1. The van der Waals surface area contributed by atoms with Crippen LogP contribution in [-0.4, -0.2) is 40.1 Å². The van der Waals surface area contributed by atoms with Gasteiger partial charge in [0.2, 0.25) is 0 Å². The lowest BCUT2D eigenvalue weighted by Crippen LogP contribution is -2.50. The van der Waals surface area contributed by atoms with Crippen LogP contribution in [0.1, 0.15) is 12.0 Å². The lowest BCUT2D eigenvalue weighted by Gasteiger charge is -2.31. The monoisotopic (exact) mass is 579 g/mol. The van der Waals surface area contributed by atoms with Crippen molar-refractivity contribution in [1.29, 1.82) is 0 Å². The summed E-state index contributed by atoms with van der Waals surface area (Å²) in [7, 11) is -2.39. The largest absolute Gasteiger partial charge is 0.357 e. The second kappa shape index (κ2) is 9.24. The summed E-state index contributed by atoms with van der Waals surface area (Å²) >= 11 is 3.39. The van der Waals surface area contributed by atoms with E-state index in [4.69, 9.17) is 0 Å². The van der Waals surface area contributed by atoms with Crippen LogP contribution in [0.4, 0.5) is 0 Å². The zero-order chi connectivity index (χ0) is 26.4. The minimum atomic E-state index is -3.92. The van der Waals surface area contributed by atoms with Gasteiger partial charge in [-0.2, -0.15) is 13.5 Å². The van der Waals surface area contributed by atoms with Gasteiger partial charge in [-0.25, -0.2) is 4.98 Å². The minimum absolute atomic E-state index is 0.117. The first-order valence-electron chi connectivity index (χ1n) is 11.3. The number of allylic oxidation sites excluding steroid dienone is 3. The van der Waals surface area contributed by atoms with Gasteiger partial charge >= 0.3 is 0 Å². The zero-order valence-electron chi connectivity index (χ0n) is 19.9. The SMILES string of the molecule is CNC(=O)C1(n2cnc3cc(-c4cnn(S(=O)(=O)c5ccc(C)cc5)c4Br)ccc3c2=O)C=CC=CC1. The molecule has 1 aliphatic rings. The summed E-state index contributed by atoms with van der Waals surface area (Å²) in [5.74, 6) is -0.320. The number of carbonyl (C=O) groups is 1. The first-order chi connectivity index (χ1) is 17.7. The van der Waals surface area contributed by atoms with Crippen molar-refractivity contribution in [2.24, 2.45) is 0 Å². The normalized spacial score (nSPS) is 17.3. The number of amides is 1. The van der Waals surface area contributed by atoms with Gasteiger partial charge < -0.3 is 5.32 Å². The summed E-state index contributed by atoms with van der Waals surface area (Å²) in [4.78, 5) is 30.9. The van der Waals surface area contributed by atoms with Gasteiger partial charge in [0.05, 0.1) is 28.3 Å². The molecule has 1 N–H and O–H groups in total. The maximum atomic E-state index is 13.5. The molecule has 0 saturated heterocycles. The van der Waals surface area contributed by atoms with Crippen LogP contribution in [-0.2, 0) is 20.4 Å². The third kappa shape index (κ3) is 4.04. The van der Waals surface area contributed by atoms with Gasteiger partial charge in [-0.3, -0.25) is 14.2 Å². The molecule has 1 aliphatic carbocycles. The molecule has 2 aromatic heterocycles. The molecule has 0 fully saturated rings. The summed E-state index contributed by atoms with van der Waals surface area (Å²) in [6, 6.07) is 11.5. The van der Waals surface area contributed by atoms with Crippen molar-refractivity contribution in [2.45, 2.75) is 23.8 Å². The van der Waals surface area contributed by atoms with Gasteiger partial charge in [0.1, 0.15) is 10.1 Å². The Hall–Kier alpha value is -3.83. The Kier molecular flexibility index (Phi) is 6.20. The number of halogens is 1. The number of rotatable bonds is 5. The maximum absolute atomic E-state index is 13.5. The highest BCUT2D eigenvalue weighted by molar-refractivity contribution is 9.10. The fraction of sp³-hybridized carbons (Fsp3) is 0.154. The molecule has 1 amide bonds. The molecule has 9 nitrogen and oxygen atoms in total. The topological polar surface area (TPSA) is 116 Å². The molecule has 5 rings (SSSR count). The third-order valence-corrected chi connectivity index (χ3v) is 8.99. The molecule has 11 heteroatoms. The molecule has 4 aromatic rings. The van der Waals surface area contributed by atoms with Crippen LogP contribution in [0, 0.1) is 6.92 Å². The standard InChI is InChI=1S/C26H22BrN5O4S/c1-17-6-9-19(10-7-17)37(35,36)32-23(27)21(15-30-32)18-8-11-20-22(14-18)29-16-31(24(20)33)26(25(34)28-2)12-4-3-5-13-26/h3-12,14-16H,13H2,1-2H3,(H,28,34). The number of nitrogens with zero attached hydrogens (tertiary/aromatic N) is 4. The number of hydrogen-bond donors (Lipinski definition) is 1. The average molecular weight is 580 g/mol. The molecule has 2 heterocycles. The Morgan fingerprint density at radius 2 is 1.89 bits per heavy atom. The Morgan fingerprint density at radius 1 is 1.14 bits per heavy atom. The second-order valence-corrected chi connectivity index (χ2v) is 11.2. The van der Waals surface area contributed by atoms with E-state index in [1.807, 2.05) is 19.1 Å². The number of carbonyl (C=O) groups excluding carboxylic acids is 1. The van der Waals surface area contributed by atoms with Gasteiger partial charge in [-0.05, 0) is 58.8 Å². The van der Waals surface area contributed by atoms with Crippen LogP contribution in [0.25, 0.3) is 22.0 Å². The van der Waals surface area contributed by atoms with Crippen molar-refractivity contribution >= 4 is 42.8 Å². The van der Waals surface area contributed by atoms with Crippen LogP contribution < -0.4 is 10.9 Å². The summed E-state index contributed by atoms with van der Waals surface area (Å²) in [6.45, 7) is 1.88. The molecule has 0 radical (unpaired) electrons. The lowest BCUT2D eigenvalue weighted by molar-refractivity contribution is -0.127. The first-order valence-corrected chi connectivity index (χ1v) is 13.6. The summed E-state index contributed by atoms with van der Waals surface area (Å²) < 4.78 is 28.8. The smallest absolute Gasteiger partial charge is 0.284 e. The van der Waals surface area contributed by atoms with E-state index in [1.165, 1.54) is 36.3 Å². The van der Waals surface area contributed by atoms with E-state index in [2.05, 4.69) is 31.3 Å². The predicted molar refractivity (Wildman–Crippen MR) is 144 cm³/mol. The molecule has 0 saturated carbocycles. The van der Waals surface area contributed by atoms with Gasteiger partial charge in [-0.15, -0.1) is 4.09 Å². The van der Waals surface area contributed by atoms with Crippen LogP contribution in [0.2, 0.25) is 0 Å². The number of likely N-dealkylation sites (N-methyl/N-ethyl adjacent to an activating group) is 1. The van der Waals surface area contributed by atoms with Gasteiger partial charge in [0, 0.05) is 19.0 Å². The highest BCUT2D eigenvalue weighted by Gasteiger charge is 2.38. The first kappa shape index (κ1) is 24.8. The van der Waals surface area contributed by atoms with E-state index in [9.17, 15) is 18.0 Å². The van der Waals surface area contributed by atoms with E-state index >= 15 is 0 Å². The van der Waals surface area contributed by atoms with E-state index < -0.39 is 15.6 Å². The van der Waals surface area contributed by atoms with Gasteiger partial charge in [0.25, 0.3) is 21.5 Å². The quantitative estimate of drug-likeness (QED) is 0.386. The molecule has 37 heavy (non-hydrogen) atoms. The van der Waals surface area contributed by atoms with Crippen LogP contribution in [0.15, 0.2) is 93.6 Å². The fourth-order valence-electron chi connectivity index (χ4n) is 4.34. The highest BCUT2D eigenvalue weighted by atomic mass is 79.9. The molecule has 2 aromatic carbocycles. The van der Waals surface area contributed by atoms with E-state index in [0.717, 1.165) is 9.65 Å². The number of fused-ring (bicyclic) bond motifs is 1. The number of hydrogen-bond acceptors (Lipinski definition) is 6. The van der Waals surface area contributed by atoms with E-state index in [0.29, 0.717) is 28.5 Å². The van der Waals surface area contributed by atoms with Crippen molar-refractivity contribution in [3.63, 3.8) is 0 Å². The molecular formula is C26H22BrN5O4S. The Morgan fingerprint density at radius 3 is 2.57 bits per heavy atom. The predicted octanol–water partition coefficient (Wildman–Crippen LogP) is 3.53. The van der Waals surface area contributed by atoms with Gasteiger partial charge in [0.15, 0.2) is 0 Å². The molecule has 188 valence electrons. The molecule has 0 spiro atoms. The molecule has 1 atom stereocenters. The lowest BCUT2D eigenvalue weighted by atomic mass is 9.89. The maximum Gasteiger partial charge on any atom is 0.284 e. The minimum Gasteiger partial charge on any atom is -0.357 e. The molecule has 1 unspecified atom stereocenters. The van der Waals surface area contributed by atoms with E-state index in [-0.39, 0.29) is 21.0 Å².